The zero-order chi connectivity index (χ0) is 15.6. The molecule has 0 amide bonds. The van der Waals surface area contributed by atoms with Crippen molar-refractivity contribution in [1.29, 1.82) is 0 Å². The number of nitrogens with one attached hydrogen (secondary N) is 1. The Morgan fingerprint density at radius 3 is 2.35 bits per heavy atom. The van der Waals surface area contributed by atoms with Crippen LogP contribution in [0.4, 0.5) is 0 Å². The highest BCUT2D eigenvalue weighted by Crippen LogP contribution is 2.24. The van der Waals surface area contributed by atoms with Crippen LogP contribution < -0.4 is 4.72 Å². The van der Waals surface area contributed by atoms with Gasteiger partial charge in [0.25, 0.3) is 0 Å². The normalized spacial score (nSPS) is 14.3. The quantitative estimate of drug-likeness (QED) is 0.811. The average molecular weight is 362 g/mol. The van der Waals surface area contributed by atoms with Crippen LogP contribution in [0.25, 0.3) is 0 Å². The Bertz CT molecular complexity index is 562. The summed E-state index contributed by atoms with van der Waals surface area (Å²) in [7, 11) is -3.44. The molecule has 0 heterocycles. The second-order valence-corrected chi connectivity index (χ2v) is 9.51. The number of hydrogen-bond donors (Lipinski definition) is 1. The Morgan fingerprint density at radius 1 is 1.25 bits per heavy atom. The summed E-state index contributed by atoms with van der Waals surface area (Å²) in [6, 6.07) is 5.37. The summed E-state index contributed by atoms with van der Waals surface area (Å²) in [5.74, 6) is 0. The summed E-state index contributed by atoms with van der Waals surface area (Å²) < 4.78 is 27.3. The third-order valence-electron chi connectivity index (χ3n) is 2.95. The number of alkyl halides is 1. The van der Waals surface area contributed by atoms with E-state index in [2.05, 4.69) is 41.4 Å². The molecule has 0 bridgehead atoms. The Kier molecular flexibility index (Phi) is 5.81. The smallest absolute Gasteiger partial charge is 0.210 e. The first-order valence-corrected chi connectivity index (χ1v) is 9.12. The van der Waals surface area contributed by atoms with E-state index >= 15 is 0 Å². The summed E-state index contributed by atoms with van der Waals surface area (Å²) in [6.07, 6.45) is 0.905. The second kappa shape index (κ2) is 6.58. The molecular weight excluding hydrogens is 338 g/mol. The first-order chi connectivity index (χ1) is 9.01. The summed E-state index contributed by atoms with van der Waals surface area (Å²) in [5, 5.41) is 0. The third kappa shape index (κ3) is 5.54. The van der Waals surface area contributed by atoms with Crippen molar-refractivity contribution in [2.24, 2.45) is 5.41 Å². The zero-order valence-electron chi connectivity index (χ0n) is 12.8. The van der Waals surface area contributed by atoms with Gasteiger partial charge >= 0.3 is 0 Å². The van der Waals surface area contributed by atoms with Crippen LogP contribution in [0.1, 0.15) is 38.3 Å². The van der Waals surface area contributed by atoms with Gasteiger partial charge in [-0.15, -0.1) is 0 Å². The lowest BCUT2D eigenvalue weighted by atomic mass is 9.91. The average Bonchev–Trinajstić information content (AvgIpc) is 2.23. The molecule has 0 saturated carbocycles. The minimum Gasteiger partial charge on any atom is -0.210 e. The fourth-order valence-corrected chi connectivity index (χ4v) is 4.77. The van der Waals surface area contributed by atoms with Crippen molar-refractivity contribution in [2.45, 2.75) is 50.8 Å². The molecule has 1 aromatic carbocycles. The van der Waals surface area contributed by atoms with Gasteiger partial charge in [0.2, 0.25) is 10.0 Å². The van der Waals surface area contributed by atoms with E-state index in [1.807, 2.05) is 26.0 Å². The van der Waals surface area contributed by atoms with E-state index in [-0.39, 0.29) is 10.2 Å². The van der Waals surface area contributed by atoms with Crippen LogP contribution in [0, 0.1) is 19.3 Å². The molecule has 0 aliphatic heterocycles. The van der Waals surface area contributed by atoms with Crippen molar-refractivity contribution in [2.75, 3.05) is 6.54 Å². The fraction of sp³-hybridized carbons (Fsp3) is 0.600. The maximum absolute atomic E-state index is 12.3. The maximum atomic E-state index is 12.3. The number of rotatable bonds is 5. The molecular formula is C15H24BrNO2S. The SMILES string of the molecule is Cc1ccc(S(=O)(=O)NCC(Br)CC(C)(C)C)c(C)c1. The summed E-state index contributed by atoms with van der Waals surface area (Å²) in [5.41, 5.74) is 2.01. The van der Waals surface area contributed by atoms with Gasteiger partial charge in [0.1, 0.15) is 0 Å². The van der Waals surface area contributed by atoms with Gasteiger partial charge in [-0.2, -0.15) is 0 Å². The van der Waals surface area contributed by atoms with Crippen LogP contribution in [-0.2, 0) is 10.0 Å². The second-order valence-electron chi connectivity index (χ2n) is 6.48. The van der Waals surface area contributed by atoms with E-state index in [1.165, 1.54) is 0 Å². The molecule has 1 rings (SSSR count). The van der Waals surface area contributed by atoms with Crippen molar-refractivity contribution < 1.29 is 8.42 Å². The Hall–Kier alpha value is -0.390. The van der Waals surface area contributed by atoms with Gasteiger partial charge in [0.05, 0.1) is 4.90 Å². The van der Waals surface area contributed by atoms with Crippen molar-refractivity contribution in [1.82, 2.24) is 4.72 Å². The molecule has 1 aromatic rings. The van der Waals surface area contributed by atoms with E-state index in [1.54, 1.807) is 6.07 Å². The van der Waals surface area contributed by atoms with Gasteiger partial charge in [-0.05, 0) is 37.3 Å². The minimum atomic E-state index is -3.44. The topological polar surface area (TPSA) is 46.2 Å². The van der Waals surface area contributed by atoms with Crippen LogP contribution in [0.15, 0.2) is 23.1 Å². The zero-order valence-corrected chi connectivity index (χ0v) is 15.2. The molecule has 1 N–H and O–H groups in total. The predicted molar refractivity (Wildman–Crippen MR) is 87.9 cm³/mol. The van der Waals surface area contributed by atoms with Crippen molar-refractivity contribution in [3.05, 3.63) is 29.3 Å². The van der Waals surface area contributed by atoms with Crippen molar-refractivity contribution in [3.8, 4) is 0 Å². The lowest BCUT2D eigenvalue weighted by Gasteiger charge is -2.22. The molecule has 114 valence electrons. The van der Waals surface area contributed by atoms with E-state index in [9.17, 15) is 8.42 Å². The summed E-state index contributed by atoms with van der Waals surface area (Å²) in [4.78, 5) is 0.488. The molecule has 0 spiro atoms. The van der Waals surface area contributed by atoms with Crippen molar-refractivity contribution >= 4 is 26.0 Å². The van der Waals surface area contributed by atoms with Crippen LogP contribution >= 0.6 is 15.9 Å². The third-order valence-corrected chi connectivity index (χ3v) is 5.18. The number of aryl methyl sites for hydroxylation is 2. The monoisotopic (exact) mass is 361 g/mol. The van der Waals surface area contributed by atoms with Crippen molar-refractivity contribution in [3.63, 3.8) is 0 Å². The largest absolute Gasteiger partial charge is 0.240 e. The molecule has 0 aliphatic rings. The molecule has 3 nitrogen and oxygen atoms in total. The Labute approximate surface area is 131 Å². The fourth-order valence-electron chi connectivity index (χ4n) is 2.12. The van der Waals surface area contributed by atoms with Gasteiger partial charge in [0.15, 0.2) is 0 Å². The molecule has 0 aromatic heterocycles. The van der Waals surface area contributed by atoms with E-state index in [4.69, 9.17) is 0 Å². The van der Waals surface area contributed by atoms with Gasteiger partial charge < -0.3 is 0 Å². The number of halogens is 1. The lowest BCUT2D eigenvalue weighted by molar-refractivity contribution is 0.373. The highest BCUT2D eigenvalue weighted by Gasteiger charge is 2.21. The Morgan fingerprint density at radius 2 is 1.85 bits per heavy atom. The maximum Gasteiger partial charge on any atom is 0.240 e. The minimum absolute atomic E-state index is 0.128. The van der Waals surface area contributed by atoms with E-state index < -0.39 is 10.0 Å². The van der Waals surface area contributed by atoms with E-state index in [0.29, 0.717) is 11.4 Å². The molecule has 5 heteroatoms. The Balaban J connectivity index is 2.76. The van der Waals surface area contributed by atoms with Gasteiger partial charge in [-0.25, -0.2) is 13.1 Å². The first-order valence-electron chi connectivity index (χ1n) is 6.72. The molecule has 0 aliphatic carbocycles. The molecule has 0 fully saturated rings. The van der Waals surface area contributed by atoms with Gasteiger partial charge in [-0.3, -0.25) is 0 Å². The number of benzene rings is 1. The van der Waals surface area contributed by atoms with Crippen LogP contribution in [0.2, 0.25) is 0 Å². The van der Waals surface area contributed by atoms with Crippen LogP contribution in [0.5, 0.6) is 0 Å². The molecule has 1 unspecified atom stereocenters. The predicted octanol–water partition coefficient (Wildman–Crippen LogP) is 3.78. The summed E-state index contributed by atoms with van der Waals surface area (Å²) in [6.45, 7) is 10.6. The summed E-state index contributed by atoms with van der Waals surface area (Å²) >= 11 is 3.54. The molecule has 1 atom stereocenters. The highest BCUT2D eigenvalue weighted by atomic mass is 79.9. The van der Waals surface area contributed by atoms with Crippen LogP contribution in [0.3, 0.4) is 0 Å². The van der Waals surface area contributed by atoms with Gasteiger partial charge in [0, 0.05) is 11.4 Å². The lowest BCUT2D eigenvalue weighted by Crippen LogP contribution is -2.31. The van der Waals surface area contributed by atoms with Crippen LogP contribution in [-0.4, -0.2) is 19.8 Å². The first kappa shape index (κ1) is 17.7. The molecule has 0 radical (unpaired) electrons. The standard InChI is InChI=1S/C15H24BrNO2S/c1-11-6-7-14(12(2)8-11)20(18,19)17-10-13(16)9-15(3,4)5/h6-8,13,17H,9-10H2,1-5H3. The number of sulfonamides is 1. The highest BCUT2D eigenvalue weighted by molar-refractivity contribution is 9.09. The molecule has 0 saturated heterocycles. The molecule has 20 heavy (non-hydrogen) atoms. The van der Waals surface area contributed by atoms with E-state index in [0.717, 1.165) is 17.5 Å². The van der Waals surface area contributed by atoms with Gasteiger partial charge in [-0.1, -0.05) is 54.4 Å². The number of hydrogen-bond acceptors (Lipinski definition) is 2.